The Morgan fingerprint density at radius 2 is 1.61 bits per heavy atom. The lowest BCUT2D eigenvalue weighted by molar-refractivity contribution is -0.137. The molecule has 0 heterocycles. The molecule has 0 radical (unpaired) electrons. The maximum Gasteiger partial charge on any atom is 0.416 e. The average Bonchev–Trinajstić information content (AvgIpc) is 2.90. The van der Waals surface area contributed by atoms with Crippen LogP contribution in [0.25, 0.3) is 0 Å². The summed E-state index contributed by atoms with van der Waals surface area (Å²) in [6.07, 6.45) is -4.77. The first-order valence-corrected chi connectivity index (χ1v) is 12.7. The number of hydrogen-bond acceptors (Lipinski definition) is 6. The van der Waals surface area contributed by atoms with Crippen molar-refractivity contribution in [3.8, 4) is 17.2 Å². The summed E-state index contributed by atoms with van der Waals surface area (Å²) in [5.74, 6) is 0.140. The molecule has 0 unspecified atom stereocenters. The zero-order chi connectivity index (χ0) is 28.1. The molecule has 3 aromatic carbocycles. The SMILES string of the molecule is COc1ccc(CNC(=O)CN(c2cc(C(F)(F)F)ccc2Cl)S(=O)(=O)c2ccccc2)c(OC)c1OC. The van der Waals surface area contributed by atoms with E-state index in [0.717, 1.165) is 12.1 Å². The highest BCUT2D eigenvalue weighted by Crippen LogP contribution is 2.40. The van der Waals surface area contributed by atoms with Crippen LogP contribution in [0.3, 0.4) is 0 Å². The summed E-state index contributed by atoms with van der Waals surface area (Å²) in [5.41, 5.74) is -1.14. The number of ether oxygens (including phenoxy) is 3. The fourth-order valence-corrected chi connectivity index (χ4v) is 5.30. The first-order chi connectivity index (χ1) is 17.9. The number of alkyl halides is 3. The molecule has 3 rings (SSSR count). The average molecular weight is 573 g/mol. The topological polar surface area (TPSA) is 94.2 Å². The number of sulfonamides is 1. The Hall–Kier alpha value is -3.64. The third kappa shape index (κ3) is 6.25. The Morgan fingerprint density at radius 3 is 2.18 bits per heavy atom. The van der Waals surface area contributed by atoms with Gasteiger partial charge in [-0.3, -0.25) is 9.10 Å². The molecule has 0 saturated heterocycles. The number of carbonyl (C=O) groups is 1. The number of benzene rings is 3. The van der Waals surface area contributed by atoms with Gasteiger partial charge in [-0.1, -0.05) is 29.8 Å². The fraction of sp³-hybridized carbons (Fsp3) is 0.240. The maximum atomic E-state index is 13.5. The van der Waals surface area contributed by atoms with Crippen molar-refractivity contribution in [2.75, 3.05) is 32.2 Å². The zero-order valence-corrected chi connectivity index (χ0v) is 22.1. The van der Waals surface area contributed by atoms with Crippen molar-refractivity contribution in [3.63, 3.8) is 0 Å². The lowest BCUT2D eigenvalue weighted by Crippen LogP contribution is -2.41. The van der Waals surface area contributed by atoms with Crippen molar-refractivity contribution in [2.24, 2.45) is 0 Å². The molecule has 3 aromatic rings. The smallest absolute Gasteiger partial charge is 0.416 e. The highest BCUT2D eigenvalue weighted by molar-refractivity contribution is 7.92. The molecule has 1 amide bonds. The lowest BCUT2D eigenvalue weighted by Gasteiger charge is -2.26. The monoisotopic (exact) mass is 572 g/mol. The molecule has 0 fully saturated rings. The van der Waals surface area contributed by atoms with E-state index in [4.69, 9.17) is 25.8 Å². The van der Waals surface area contributed by atoms with Crippen LogP contribution in [0.1, 0.15) is 11.1 Å². The minimum Gasteiger partial charge on any atom is -0.493 e. The van der Waals surface area contributed by atoms with Crippen LogP contribution in [-0.4, -0.2) is 42.2 Å². The highest BCUT2D eigenvalue weighted by Gasteiger charge is 2.34. The van der Waals surface area contributed by atoms with E-state index >= 15 is 0 Å². The quantitative estimate of drug-likeness (QED) is 0.372. The molecule has 0 aliphatic rings. The van der Waals surface area contributed by atoms with Crippen molar-refractivity contribution >= 4 is 33.2 Å². The summed E-state index contributed by atoms with van der Waals surface area (Å²) >= 11 is 6.15. The lowest BCUT2D eigenvalue weighted by atomic mass is 10.1. The Labute approximate surface area is 222 Å². The largest absolute Gasteiger partial charge is 0.493 e. The number of nitrogens with zero attached hydrogens (tertiary/aromatic N) is 1. The molecular weight excluding hydrogens is 549 g/mol. The first kappa shape index (κ1) is 28.9. The minimum absolute atomic E-state index is 0.113. The highest BCUT2D eigenvalue weighted by atomic mass is 35.5. The number of methoxy groups -OCH3 is 3. The summed E-state index contributed by atoms with van der Waals surface area (Å²) in [6, 6.07) is 12.4. The van der Waals surface area contributed by atoms with Crippen molar-refractivity contribution in [3.05, 3.63) is 76.8 Å². The molecule has 0 aliphatic heterocycles. The Bertz CT molecular complexity index is 1400. The van der Waals surface area contributed by atoms with Gasteiger partial charge in [0, 0.05) is 12.1 Å². The predicted octanol–water partition coefficient (Wildman–Crippen LogP) is 4.90. The van der Waals surface area contributed by atoms with Gasteiger partial charge in [-0.15, -0.1) is 0 Å². The van der Waals surface area contributed by atoms with Gasteiger partial charge in [0.1, 0.15) is 6.54 Å². The molecule has 0 aromatic heterocycles. The summed E-state index contributed by atoms with van der Waals surface area (Å²) in [4.78, 5) is 12.7. The second kappa shape index (κ2) is 11.8. The third-order valence-electron chi connectivity index (χ3n) is 5.42. The molecular formula is C25H24ClF3N2O6S. The Kier molecular flexibility index (Phi) is 9.00. The number of hydrogen-bond donors (Lipinski definition) is 1. The third-order valence-corrected chi connectivity index (χ3v) is 7.52. The van der Waals surface area contributed by atoms with Crippen LogP contribution in [0, 0.1) is 0 Å². The number of anilines is 1. The van der Waals surface area contributed by atoms with E-state index in [2.05, 4.69) is 5.32 Å². The van der Waals surface area contributed by atoms with E-state index < -0.39 is 39.9 Å². The number of nitrogens with one attached hydrogen (secondary N) is 1. The van der Waals surface area contributed by atoms with Crippen LogP contribution in [0.15, 0.2) is 65.6 Å². The van der Waals surface area contributed by atoms with Gasteiger partial charge in [0.2, 0.25) is 11.7 Å². The van der Waals surface area contributed by atoms with Gasteiger partial charge in [-0.05, 0) is 42.5 Å². The van der Waals surface area contributed by atoms with Gasteiger partial charge in [-0.2, -0.15) is 13.2 Å². The van der Waals surface area contributed by atoms with E-state index in [9.17, 15) is 26.4 Å². The second-order valence-electron chi connectivity index (χ2n) is 7.76. The molecule has 8 nitrogen and oxygen atoms in total. The van der Waals surface area contributed by atoms with Crippen LogP contribution >= 0.6 is 11.6 Å². The van der Waals surface area contributed by atoms with Crippen molar-refractivity contribution in [1.29, 1.82) is 0 Å². The van der Waals surface area contributed by atoms with Gasteiger partial charge in [0.05, 0.1) is 42.5 Å². The standard InChI is InChI=1S/C25H24ClF3N2O6S/c1-35-21-12-9-16(23(36-2)24(21)37-3)14-30-22(32)15-31(38(33,34)18-7-5-4-6-8-18)20-13-17(25(27,28)29)10-11-19(20)26/h4-13H,14-15H2,1-3H3,(H,30,32). The minimum atomic E-state index is -4.77. The van der Waals surface area contributed by atoms with Gasteiger partial charge in [-0.25, -0.2) is 8.42 Å². The van der Waals surface area contributed by atoms with Gasteiger partial charge >= 0.3 is 6.18 Å². The second-order valence-corrected chi connectivity index (χ2v) is 10.0. The molecule has 204 valence electrons. The molecule has 13 heteroatoms. The molecule has 0 bridgehead atoms. The summed E-state index contributed by atoms with van der Waals surface area (Å²) in [5, 5.41) is 2.28. The number of carbonyl (C=O) groups excluding carboxylic acids is 1. The number of amides is 1. The number of halogens is 4. The summed E-state index contributed by atoms with van der Waals surface area (Å²) in [7, 11) is -0.240. The molecule has 0 spiro atoms. The first-order valence-electron chi connectivity index (χ1n) is 10.9. The van der Waals surface area contributed by atoms with Crippen LogP contribution in [0.5, 0.6) is 17.2 Å². The zero-order valence-electron chi connectivity index (χ0n) is 20.5. The van der Waals surface area contributed by atoms with Gasteiger partial charge < -0.3 is 19.5 Å². The van der Waals surface area contributed by atoms with E-state index in [-0.39, 0.29) is 28.0 Å². The van der Waals surface area contributed by atoms with Crippen molar-refractivity contribution < 1.29 is 40.6 Å². The summed E-state index contributed by atoms with van der Waals surface area (Å²) in [6.45, 7) is -0.966. The number of rotatable bonds is 10. The van der Waals surface area contributed by atoms with Crippen molar-refractivity contribution in [1.82, 2.24) is 5.32 Å². The van der Waals surface area contributed by atoms with Crippen molar-refractivity contribution in [2.45, 2.75) is 17.6 Å². The normalized spacial score (nSPS) is 11.6. The molecule has 0 atom stereocenters. The van der Waals surface area contributed by atoms with Crippen LogP contribution in [-0.2, 0) is 27.5 Å². The molecule has 1 N–H and O–H groups in total. The Morgan fingerprint density at radius 1 is 0.947 bits per heavy atom. The van der Waals surface area contributed by atoms with E-state index in [0.29, 0.717) is 21.7 Å². The molecule has 0 saturated carbocycles. The molecule has 0 aliphatic carbocycles. The summed E-state index contributed by atoms with van der Waals surface area (Å²) < 4.78 is 83.7. The van der Waals surface area contributed by atoms with Gasteiger partial charge in [0.25, 0.3) is 10.0 Å². The van der Waals surface area contributed by atoms with E-state index in [1.807, 2.05) is 0 Å². The van der Waals surface area contributed by atoms with Crippen LogP contribution < -0.4 is 23.8 Å². The van der Waals surface area contributed by atoms with E-state index in [1.54, 1.807) is 18.2 Å². The fourth-order valence-electron chi connectivity index (χ4n) is 3.58. The molecule has 38 heavy (non-hydrogen) atoms. The Balaban J connectivity index is 1.97. The predicted molar refractivity (Wildman–Crippen MR) is 135 cm³/mol. The maximum absolute atomic E-state index is 13.5. The van der Waals surface area contributed by atoms with E-state index in [1.165, 1.54) is 45.6 Å². The van der Waals surface area contributed by atoms with Crippen LogP contribution in [0.4, 0.5) is 18.9 Å². The van der Waals surface area contributed by atoms with Gasteiger partial charge in [0.15, 0.2) is 11.5 Å². The van der Waals surface area contributed by atoms with Crippen LogP contribution in [0.2, 0.25) is 5.02 Å².